The van der Waals surface area contributed by atoms with E-state index < -0.39 is 0 Å². The molecule has 1 aromatic heterocycles. The Morgan fingerprint density at radius 1 is 1.58 bits per heavy atom. The summed E-state index contributed by atoms with van der Waals surface area (Å²) in [5.41, 5.74) is 6.51. The molecule has 0 amide bonds. The van der Waals surface area contributed by atoms with Crippen molar-refractivity contribution in [2.24, 2.45) is 5.73 Å². The first-order chi connectivity index (χ1) is 5.65. The highest BCUT2D eigenvalue weighted by Gasteiger charge is 2.07. The third-order valence-electron chi connectivity index (χ3n) is 2.04. The van der Waals surface area contributed by atoms with Gasteiger partial charge in [0.1, 0.15) is 0 Å². The smallest absolute Gasteiger partial charge is 0.0991 e. The molecular formula is C8H16N4. The molecule has 0 aromatic carbocycles. The number of aromatic nitrogens is 3. The van der Waals surface area contributed by atoms with Gasteiger partial charge in [0.15, 0.2) is 0 Å². The Balaban J connectivity index is 2.77. The van der Waals surface area contributed by atoms with Gasteiger partial charge in [-0.1, -0.05) is 12.1 Å². The lowest BCUT2D eigenvalue weighted by Crippen LogP contribution is -2.05. The Labute approximate surface area is 72.8 Å². The van der Waals surface area contributed by atoms with E-state index in [1.165, 1.54) is 0 Å². The molecule has 0 spiro atoms. The van der Waals surface area contributed by atoms with E-state index in [4.69, 9.17) is 5.73 Å². The first-order valence-corrected chi connectivity index (χ1v) is 4.32. The quantitative estimate of drug-likeness (QED) is 0.739. The van der Waals surface area contributed by atoms with E-state index in [1.807, 2.05) is 17.8 Å². The van der Waals surface area contributed by atoms with Crippen LogP contribution in [0.3, 0.4) is 0 Å². The van der Waals surface area contributed by atoms with Crippen LogP contribution in [0.2, 0.25) is 0 Å². The molecule has 0 saturated heterocycles. The average molecular weight is 168 g/mol. The summed E-state index contributed by atoms with van der Waals surface area (Å²) < 4.78 is 1.86. The zero-order valence-corrected chi connectivity index (χ0v) is 7.86. The number of nitrogens with zero attached hydrogens (tertiary/aromatic N) is 3. The Kier molecular flexibility index (Phi) is 2.81. The standard InChI is InChI=1S/C8H16N4/c1-4-6(2)12-5-8(7(3)9)10-11-12/h5-7H,4,9H2,1-3H3/t6?,7-/m0/s1. The van der Waals surface area contributed by atoms with E-state index >= 15 is 0 Å². The van der Waals surface area contributed by atoms with E-state index in [1.54, 1.807) is 0 Å². The molecule has 0 aliphatic heterocycles. The van der Waals surface area contributed by atoms with Gasteiger partial charge in [-0.3, -0.25) is 0 Å². The fraction of sp³-hybridized carbons (Fsp3) is 0.750. The maximum absolute atomic E-state index is 5.65. The van der Waals surface area contributed by atoms with Crippen molar-refractivity contribution >= 4 is 0 Å². The second kappa shape index (κ2) is 3.67. The molecule has 4 heteroatoms. The van der Waals surface area contributed by atoms with Gasteiger partial charge in [-0.05, 0) is 20.3 Å². The molecule has 0 bridgehead atoms. The summed E-state index contributed by atoms with van der Waals surface area (Å²) in [6.07, 6.45) is 2.97. The minimum absolute atomic E-state index is 0.0252. The lowest BCUT2D eigenvalue weighted by molar-refractivity contribution is 0.464. The average Bonchev–Trinajstić information content (AvgIpc) is 2.51. The molecule has 0 saturated carbocycles. The Hall–Kier alpha value is -0.900. The maximum atomic E-state index is 5.65. The van der Waals surface area contributed by atoms with E-state index in [0.717, 1.165) is 12.1 Å². The van der Waals surface area contributed by atoms with Crippen molar-refractivity contribution in [1.29, 1.82) is 0 Å². The van der Waals surface area contributed by atoms with Crippen LogP contribution >= 0.6 is 0 Å². The van der Waals surface area contributed by atoms with Crippen LogP contribution in [-0.2, 0) is 0 Å². The van der Waals surface area contributed by atoms with Gasteiger partial charge in [0.2, 0.25) is 0 Å². The summed E-state index contributed by atoms with van der Waals surface area (Å²) in [6, 6.07) is 0.382. The molecule has 0 aliphatic carbocycles. The van der Waals surface area contributed by atoms with Crippen LogP contribution in [-0.4, -0.2) is 15.0 Å². The highest BCUT2D eigenvalue weighted by molar-refractivity contribution is 4.98. The zero-order chi connectivity index (χ0) is 9.14. The van der Waals surface area contributed by atoms with E-state index in [2.05, 4.69) is 24.2 Å². The molecule has 12 heavy (non-hydrogen) atoms. The summed E-state index contributed by atoms with van der Waals surface area (Å²) in [7, 11) is 0. The van der Waals surface area contributed by atoms with Crippen LogP contribution in [0.5, 0.6) is 0 Å². The van der Waals surface area contributed by atoms with Gasteiger partial charge in [0, 0.05) is 6.04 Å². The first-order valence-electron chi connectivity index (χ1n) is 4.32. The molecule has 1 unspecified atom stereocenters. The van der Waals surface area contributed by atoms with Gasteiger partial charge in [0.25, 0.3) is 0 Å². The summed E-state index contributed by atoms with van der Waals surface area (Å²) in [4.78, 5) is 0. The summed E-state index contributed by atoms with van der Waals surface area (Å²) in [5, 5.41) is 7.97. The van der Waals surface area contributed by atoms with Gasteiger partial charge in [-0.15, -0.1) is 5.10 Å². The van der Waals surface area contributed by atoms with Gasteiger partial charge in [-0.25, -0.2) is 4.68 Å². The monoisotopic (exact) mass is 168 g/mol. The zero-order valence-electron chi connectivity index (χ0n) is 7.86. The lowest BCUT2D eigenvalue weighted by Gasteiger charge is -2.06. The van der Waals surface area contributed by atoms with Gasteiger partial charge in [-0.2, -0.15) is 0 Å². The van der Waals surface area contributed by atoms with Crippen molar-refractivity contribution in [3.63, 3.8) is 0 Å². The number of rotatable bonds is 3. The van der Waals surface area contributed by atoms with Gasteiger partial charge >= 0.3 is 0 Å². The molecule has 1 aromatic rings. The third kappa shape index (κ3) is 1.82. The van der Waals surface area contributed by atoms with Crippen LogP contribution in [0.15, 0.2) is 6.20 Å². The molecule has 4 nitrogen and oxygen atoms in total. The lowest BCUT2D eigenvalue weighted by atomic mass is 10.2. The van der Waals surface area contributed by atoms with Crippen LogP contribution in [0, 0.1) is 0 Å². The molecule has 1 heterocycles. The highest BCUT2D eigenvalue weighted by Crippen LogP contribution is 2.10. The fourth-order valence-electron chi connectivity index (χ4n) is 0.902. The van der Waals surface area contributed by atoms with E-state index in [-0.39, 0.29) is 6.04 Å². The van der Waals surface area contributed by atoms with Gasteiger partial charge in [0.05, 0.1) is 17.9 Å². The van der Waals surface area contributed by atoms with Crippen molar-refractivity contribution in [2.75, 3.05) is 0 Å². The molecule has 1 rings (SSSR count). The summed E-state index contributed by atoms with van der Waals surface area (Å²) in [5.74, 6) is 0. The third-order valence-corrected chi connectivity index (χ3v) is 2.04. The topological polar surface area (TPSA) is 56.7 Å². The van der Waals surface area contributed by atoms with Crippen molar-refractivity contribution in [2.45, 2.75) is 39.3 Å². The molecule has 68 valence electrons. The Morgan fingerprint density at radius 2 is 2.25 bits per heavy atom. The van der Waals surface area contributed by atoms with E-state index in [0.29, 0.717) is 6.04 Å². The van der Waals surface area contributed by atoms with Crippen LogP contribution in [0.1, 0.15) is 45.0 Å². The minimum Gasteiger partial charge on any atom is -0.323 e. The number of hydrogen-bond donors (Lipinski definition) is 1. The van der Waals surface area contributed by atoms with Crippen molar-refractivity contribution < 1.29 is 0 Å². The largest absolute Gasteiger partial charge is 0.323 e. The van der Waals surface area contributed by atoms with Crippen LogP contribution < -0.4 is 5.73 Å². The maximum Gasteiger partial charge on any atom is 0.0991 e. The SMILES string of the molecule is CCC(C)n1cc([C@H](C)N)nn1. The second-order valence-corrected chi connectivity index (χ2v) is 3.17. The first kappa shape index (κ1) is 9.19. The van der Waals surface area contributed by atoms with Gasteiger partial charge < -0.3 is 5.73 Å². The second-order valence-electron chi connectivity index (χ2n) is 3.17. The summed E-state index contributed by atoms with van der Waals surface area (Å²) in [6.45, 7) is 6.14. The fourth-order valence-corrected chi connectivity index (χ4v) is 0.902. The van der Waals surface area contributed by atoms with Crippen LogP contribution in [0.4, 0.5) is 0 Å². The minimum atomic E-state index is -0.0252. The Morgan fingerprint density at radius 3 is 2.67 bits per heavy atom. The van der Waals surface area contributed by atoms with Crippen molar-refractivity contribution in [3.05, 3.63) is 11.9 Å². The number of hydrogen-bond acceptors (Lipinski definition) is 3. The molecule has 0 fully saturated rings. The molecule has 2 N–H and O–H groups in total. The van der Waals surface area contributed by atoms with E-state index in [9.17, 15) is 0 Å². The molecular weight excluding hydrogens is 152 g/mol. The molecule has 0 radical (unpaired) electrons. The van der Waals surface area contributed by atoms with Crippen molar-refractivity contribution in [1.82, 2.24) is 15.0 Å². The van der Waals surface area contributed by atoms with Crippen molar-refractivity contribution in [3.8, 4) is 0 Å². The van der Waals surface area contributed by atoms with Crippen LogP contribution in [0.25, 0.3) is 0 Å². The molecule has 2 atom stereocenters. The highest BCUT2D eigenvalue weighted by atomic mass is 15.4. The normalized spacial score (nSPS) is 16.0. The molecule has 0 aliphatic rings. The predicted molar refractivity (Wildman–Crippen MR) is 47.6 cm³/mol. The number of nitrogens with two attached hydrogens (primary N) is 1. The Bertz CT molecular complexity index is 241. The predicted octanol–water partition coefficient (Wildman–Crippen LogP) is 1.27. The summed E-state index contributed by atoms with van der Waals surface area (Å²) >= 11 is 0.